The van der Waals surface area contributed by atoms with Crippen molar-refractivity contribution >= 4 is 87.5 Å². The average molecular weight is 1430 g/mol. The van der Waals surface area contributed by atoms with Crippen LogP contribution in [0.5, 0.6) is 0 Å². The van der Waals surface area contributed by atoms with Gasteiger partial charge in [-0.3, -0.25) is 9.13 Å². The van der Waals surface area contributed by atoms with E-state index in [4.69, 9.17) is 38.7 Å². The average Bonchev–Trinajstić information content (AvgIpc) is 1.56. The van der Waals surface area contributed by atoms with Gasteiger partial charge in [-0.2, -0.15) is 19.9 Å². The summed E-state index contributed by atoms with van der Waals surface area (Å²) in [6.07, 6.45) is 0. The lowest BCUT2D eigenvalue weighted by atomic mass is 9.99. The van der Waals surface area contributed by atoms with Crippen LogP contribution in [-0.2, 0) is 0 Å². The number of hydrogen-bond acceptors (Lipinski definition) is 8. The number of para-hydroxylation sites is 2. The monoisotopic (exact) mass is 1430 g/mol. The Morgan fingerprint density at radius 1 is 0.188 bits per heavy atom. The summed E-state index contributed by atoms with van der Waals surface area (Å²) < 4.78 is 18.0. The molecule has 6 heterocycles. The summed E-state index contributed by atoms with van der Waals surface area (Å²) >= 11 is 0. The Hall–Kier alpha value is -15.3. The minimum Gasteiger partial charge on any atom is -0.454 e. The van der Waals surface area contributed by atoms with Gasteiger partial charge in [-0.1, -0.05) is 322 Å². The molecule has 0 radical (unpaired) electrons. The Labute approximate surface area is 643 Å². The van der Waals surface area contributed by atoms with Crippen LogP contribution in [0.15, 0.2) is 397 Å². The summed E-state index contributed by atoms with van der Waals surface area (Å²) in [6, 6.07) is 135. The van der Waals surface area contributed by atoms with Crippen molar-refractivity contribution in [3.05, 3.63) is 388 Å². The Kier molecular flexibility index (Phi) is 16.0. The van der Waals surface area contributed by atoms with E-state index >= 15 is 0 Å². The van der Waals surface area contributed by atoms with E-state index in [1.54, 1.807) is 0 Å². The number of aromatic nitrogens is 8. The van der Waals surface area contributed by atoms with Crippen LogP contribution in [0, 0.1) is 0 Å². The Morgan fingerprint density at radius 3 is 0.911 bits per heavy atom. The van der Waals surface area contributed by atoms with Crippen LogP contribution in [0.1, 0.15) is 0 Å². The highest BCUT2D eigenvalue weighted by molar-refractivity contribution is 6.24. The van der Waals surface area contributed by atoms with E-state index in [1.165, 1.54) is 0 Å². The Morgan fingerprint density at radius 2 is 0.500 bits per heavy atom. The lowest BCUT2D eigenvalue weighted by molar-refractivity contribution is 0.670. The molecule has 0 spiro atoms. The SMILES string of the molecule is c1ccc(-c2cccc(-c3nc(-c4cccc(-c5ccccc5)c4)nc(-n4c5ccccc5c5ccc6c(oc7cccc(-c8ccccc8)c76)c54)n3)c2)cc1.c1ccc(-c2cccc(-c3nc(-c4cccc(-c5ccccc5)c4)nc(-n4c5ccccc5c5ccc6c7cc(-c8ccccc8)ccc7oc6c54)n3)c2)cc1. The molecule has 0 unspecified atom stereocenters. The molecule has 112 heavy (non-hydrogen) atoms. The summed E-state index contributed by atoms with van der Waals surface area (Å²) in [6.45, 7) is 0. The fourth-order valence-corrected chi connectivity index (χ4v) is 16.0. The van der Waals surface area contributed by atoms with Crippen molar-refractivity contribution in [2.24, 2.45) is 0 Å². The molecule has 0 N–H and O–H groups in total. The van der Waals surface area contributed by atoms with Gasteiger partial charge in [0.2, 0.25) is 11.9 Å². The molecule has 10 heteroatoms. The van der Waals surface area contributed by atoms with Crippen LogP contribution in [0.4, 0.5) is 0 Å². The smallest absolute Gasteiger partial charge is 0.238 e. The first kappa shape index (κ1) is 65.1. The van der Waals surface area contributed by atoms with Gasteiger partial charge < -0.3 is 8.83 Å². The second-order valence-electron chi connectivity index (χ2n) is 28.1. The number of rotatable bonds is 12. The molecule has 22 rings (SSSR count). The van der Waals surface area contributed by atoms with Gasteiger partial charge >= 0.3 is 0 Å². The second kappa shape index (κ2) is 27.5. The molecule has 22 aromatic rings. The van der Waals surface area contributed by atoms with Gasteiger partial charge in [0.15, 0.2) is 34.5 Å². The van der Waals surface area contributed by atoms with E-state index in [-0.39, 0.29) is 0 Å². The maximum Gasteiger partial charge on any atom is 0.238 e. The standard InChI is InChI=1S/2C51H32N4O/c1-4-15-33(16-5-1)36-21-12-23-38(31-36)49-52-50(39-24-13-22-37(32-39)34-17-6-2-7-18-34)54-51(53-49)55-44-27-11-10-25-41(44)42-29-30-43-46-40(35-19-8-3-9-20-35)26-14-28-45(46)56-48(43)47(42)55;1-4-14-33(15-5-1)36-20-12-22-39(30-36)49-52-50(40-23-13-21-37(31-40)34-16-6-2-7-17-34)54-51(53-49)55-45-25-11-10-24-41(45)42-27-28-43-44-32-38(35-18-8-3-9-19-35)26-29-46(44)56-48(43)47(42)55/h2*1-32H. The molecule has 0 aliphatic carbocycles. The Balaban J connectivity index is 0.000000141. The summed E-state index contributed by atoms with van der Waals surface area (Å²) in [4.78, 5) is 31.6. The van der Waals surface area contributed by atoms with Gasteiger partial charge in [0.05, 0.1) is 11.0 Å². The third-order valence-corrected chi connectivity index (χ3v) is 21.3. The molecule has 0 bridgehead atoms. The van der Waals surface area contributed by atoms with Gasteiger partial charge in [0.25, 0.3) is 0 Å². The van der Waals surface area contributed by atoms with Crippen molar-refractivity contribution in [3.8, 4) is 124 Å². The van der Waals surface area contributed by atoms with Gasteiger partial charge in [-0.05, 0) is 133 Å². The van der Waals surface area contributed by atoms with E-state index in [0.29, 0.717) is 35.2 Å². The summed E-state index contributed by atoms with van der Waals surface area (Å²) in [5.74, 6) is 3.38. The highest BCUT2D eigenvalue weighted by atomic mass is 16.3. The van der Waals surface area contributed by atoms with Crippen molar-refractivity contribution in [2.75, 3.05) is 0 Å². The molecule has 0 aliphatic rings. The molecule has 0 fully saturated rings. The van der Waals surface area contributed by atoms with Crippen LogP contribution >= 0.6 is 0 Å². The maximum atomic E-state index is 6.89. The van der Waals surface area contributed by atoms with Gasteiger partial charge in [0, 0.05) is 65.3 Å². The summed E-state index contributed by atoms with van der Waals surface area (Å²) in [5.41, 5.74) is 24.1. The third kappa shape index (κ3) is 11.6. The van der Waals surface area contributed by atoms with E-state index in [0.717, 1.165) is 177 Å². The quantitative estimate of drug-likeness (QED) is 0.119. The molecule has 524 valence electrons. The maximum absolute atomic E-state index is 6.89. The number of fused-ring (bicyclic) bond motifs is 14. The Bertz CT molecular complexity index is 7160. The molecule has 10 nitrogen and oxygen atoms in total. The molecular weight excluding hydrogens is 1370 g/mol. The molecule has 0 amide bonds. The van der Waals surface area contributed by atoms with Crippen molar-refractivity contribution in [1.82, 2.24) is 39.0 Å². The third-order valence-electron chi connectivity index (χ3n) is 21.3. The number of nitrogens with zero attached hydrogens (tertiary/aromatic N) is 8. The highest BCUT2D eigenvalue weighted by Crippen LogP contribution is 2.46. The zero-order valence-corrected chi connectivity index (χ0v) is 60.3. The molecular formula is C102H64N8O2. The lowest BCUT2D eigenvalue weighted by Gasteiger charge is -2.12. The van der Waals surface area contributed by atoms with E-state index in [1.807, 2.05) is 36.4 Å². The second-order valence-corrected chi connectivity index (χ2v) is 28.1. The fourth-order valence-electron chi connectivity index (χ4n) is 16.0. The van der Waals surface area contributed by atoms with Crippen LogP contribution in [-0.4, -0.2) is 39.0 Å². The predicted molar refractivity (Wildman–Crippen MR) is 457 cm³/mol. The van der Waals surface area contributed by atoms with Crippen LogP contribution in [0.25, 0.3) is 212 Å². The molecule has 0 saturated heterocycles. The van der Waals surface area contributed by atoms with E-state index in [2.05, 4.69) is 361 Å². The first-order valence-electron chi connectivity index (χ1n) is 37.5. The largest absolute Gasteiger partial charge is 0.454 e. The minimum absolute atomic E-state index is 0.516. The minimum atomic E-state index is 0.516. The predicted octanol–water partition coefficient (Wildman–Crippen LogP) is 26.4. The zero-order chi connectivity index (χ0) is 74.0. The van der Waals surface area contributed by atoms with Gasteiger partial charge in [-0.15, -0.1) is 0 Å². The van der Waals surface area contributed by atoms with E-state index in [9.17, 15) is 0 Å². The van der Waals surface area contributed by atoms with Crippen molar-refractivity contribution in [3.63, 3.8) is 0 Å². The normalized spacial score (nSPS) is 11.6. The number of furan rings is 2. The summed E-state index contributed by atoms with van der Waals surface area (Å²) in [7, 11) is 0. The fraction of sp³-hybridized carbons (Fsp3) is 0. The molecule has 0 atom stereocenters. The van der Waals surface area contributed by atoms with Gasteiger partial charge in [0.1, 0.15) is 22.2 Å². The molecule has 0 aliphatic heterocycles. The molecule has 0 saturated carbocycles. The van der Waals surface area contributed by atoms with Crippen molar-refractivity contribution in [2.45, 2.75) is 0 Å². The van der Waals surface area contributed by atoms with Crippen LogP contribution < -0.4 is 0 Å². The van der Waals surface area contributed by atoms with Crippen LogP contribution in [0.3, 0.4) is 0 Å². The summed E-state index contributed by atoms with van der Waals surface area (Å²) in [5, 5.41) is 8.54. The molecule has 6 aromatic heterocycles. The van der Waals surface area contributed by atoms with E-state index < -0.39 is 0 Å². The zero-order valence-electron chi connectivity index (χ0n) is 60.3. The van der Waals surface area contributed by atoms with Crippen LogP contribution in [0.2, 0.25) is 0 Å². The number of benzene rings is 16. The van der Waals surface area contributed by atoms with Crippen molar-refractivity contribution < 1.29 is 8.83 Å². The van der Waals surface area contributed by atoms with Gasteiger partial charge in [-0.25, -0.2) is 9.97 Å². The lowest BCUT2D eigenvalue weighted by Crippen LogP contribution is -2.06. The number of hydrogen-bond donors (Lipinski definition) is 0. The van der Waals surface area contributed by atoms with Crippen molar-refractivity contribution in [1.29, 1.82) is 0 Å². The first-order chi connectivity index (χ1) is 55.5. The first-order valence-corrected chi connectivity index (χ1v) is 37.5. The highest BCUT2D eigenvalue weighted by Gasteiger charge is 2.26. The topological polar surface area (TPSA) is 113 Å². The molecule has 16 aromatic carbocycles.